The minimum Gasteiger partial charge on any atom is -0.394 e. The van der Waals surface area contributed by atoms with Crippen LogP contribution in [0.1, 0.15) is 20.8 Å². The molecule has 0 aliphatic carbocycles. The lowest BCUT2D eigenvalue weighted by molar-refractivity contribution is -0.439. The van der Waals surface area contributed by atoms with Crippen LogP contribution in [0.3, 0.4) is 0 Å². The number of Topliss-reactive ketones (excluding diaryl/α,β-unsaturated/α-hetero) is 3. The third-order valence-corrected chi connectivity index (χ3v) is 6.04. The van der Waals surface area contributed by atoms with Crippen molar-refractivity contribution in [2.75, 3.05) is 19.8 Å². The summed E-state index contributed by atoms with van der Waals surface area (Å²) >= 11 is 0. The molecular weight excluding hydrogens is 440 g/mol. The molecule has 2 aliphatic heterocycles. The Labute approximate surface area is 181 Å². The first-order valence-electron chi connectivity index (χ1n) is 9.57. The van der Waals surface area contributed by atoms with Gasteiger partial charge in [0.05, 0.1) is 13.2 Å². The molecule has 0 amide bonds. The van der Waals surface area contributed by atoms with E-state index < -0.39 is 90.5 Å². The molecule has 0 aromatic rings. The Bertz CT molecular complexity index is 773. The molecule has 1 unspecified atom stereocenters. The van der Waals surface area contributed by atoms with Gasteiger partial charge in [0, 0.05) is 6.92 Å². The first kappa shape index (κ1) is 26.8. The van der Waals surface area contributed by atoms with Crippen LogP contribution >= 0.6 is 0 Å². The Kier molecular flexibility index (Phi) is 7.32. The molecule has 2 heterocycles. The number of hydrogen-bond acceptors (Lipinski definition) is 14. The van der Waals surface area contributed by atoms with Crippen LogP contribution in [0.25, 0.3) is 0 Å². The van der Waals surface area contributed by atoms with Crippen molar-refractivity contribution in [2.45, 2.75) is 74.1 Å². The Morgan fingerprint density at radius 2 is 1.34 bits per heavy atom. The second-order valence-corrected chi connectivity index (χ2v) is 7.89. The highest BCUT2D eigenvalue weighted by atomic mass is 16.8. The lowest BCUT2D eigenvalue weighted by Gasteiger charge is -2.58. The van der Waals surface area contributed by atoms with E-state index in [1.165, 1.54) is 0 Å². The minimum atomic E-state index is -3.70. The summed E-state index contributed by atoms with van der Waals surface area (Å²) in [6, 6.07) is 0. The largest absolute Gasteiger partial charge is 0.394 e. The zero-order valence-electron chi connectivity index (χ0n) is 17.5. The summed E-state index contributed by atoms with van der Waals surface area (Å²) in [5.74, 6) is -10.6. The first-order chi connectivity index (χ1) is 14.7. The summed E-state index contributed by atoms with van der Waals surface area (Å²) < 4.78 is 15.8. The number of ether oxygens (including phenoxy) is 3. The zero-order chi connectivity index (χ0) is 24.9. The standard InChI is InChI=1S/C18H28O14/c1-7(22)16(28)13(26)11(5-20)31-18(9(3)24,17(16,29)8(2)23)32-15(6-21)14(27)12(25)10(4-19)30-15/h10-14,19-21,25-29H,4-6H2,1-3H3/t10-,11-,12-,13-,14+,15?,16+,17-,18+/m1/s1. The summed E-state index contributed by atoms with van der Waals surface area (Å²) in [7, 11) is 0. The molecule has 2 saturated heterocycles. The molecule has 2 fully saturated rings. The summed E-state index contributed by atoms with van der Waals surface area (Å²) in [5, 5.41) is 82.3. The van der Waals surface area contributed by atoms with Gasteiger partial charge in [-0.1, -0.05) is 0 Å². The highest BCUT2D eigenvalue weighted by Gasteiger charge is 2.80. The molecule has 0 aromatic heterocycles. The second-order valence-electron chi connectivity index (χ2n) is 7.89. The van der Waals surface area contributed by atoms with Crippen LogP contribution in [0.15, 0.2) is 0 Å². The average molecular weight is 468 g/mol. The molecule has 0 aromatic carbocycles. The van der Waals surface area contributed by atoms with E-state index in [9.17, 15) is 55.2 Å². The summed E-state index contributed by atoms with van der Waals surface area (Å²) in [4.78, 5) is 37.9. The van der Waals surface area contributed by atoms with Crippen LogP contribution in [0.2, 0.25) is 0 Å². The Morgan fingerprint density at radius 1 is 0.812 bits per heavy atom. The zero-order valence-corrected chi connectivity index (χ0v) is 17.5. The number of carbonyl (C=O) groups is 3. The van der Waals surface area contributed by atoms with E-state index in [4.69, 9.17) is 14.2 Å². The van der Waals surface area contributed by atoms with Crippen molar-refractivity contribution >= 4 is 17.3 Å². The first-order valence-corrected chi connectivity index (χ1v) is 9.57. The van der Waals surface area contributed by atoms with E-state index in [-0.39, 0.29) is 0 Å². The molecule has 14 nitrogen and oxygen atoms in total. The highest BCUT2D eigenvalue weighted by Crippen LogP contribution is 2.50. The molecule has 2 rings (SSSR count). The number of aliphatic hydroxyl groups is 8. The van der Waals surface area contributed by atoms with Crippen molar-refractivity contribution in [3.63, 3.8) is 0 Å². The van der Waals surface area contributed by atoms with Gasteiger partial charge in [-0.05, 0) is 13.8 Å². The average Bonchev–Trinajstić information content (AvgIpc) is 2.98. The fraction of sp³-hybridized carbons (Fsp3) is 0.833. The number of rotatable bonds is 8. The number of carbonyl (C=O) groups excluding carboxylic acids is 3. The normalized spacial score (nSPS) is 46.8. The van der Waals surface area contributed by atoms with Crippen LogP contribution in [-0.2, 0) is 28.6 Å². The van der Waals surface area contributed by atoms with E-state index in [0.717, 1.165) is 0 Å². The predicted octanol–water partition coefficient (Wildman–Crippen LogP) is -5.52. The van der Waals surface area contributed by atoms with Crippen LogP contribution in [-0.4, -0.2) is 131 Å². The van der Waals surface area contributed by atoms with Crippen molar-refractivity contribution in [3.05, 3.63) is 0 Å². The van der Waals surface area contributed by atoms with Gasteiger partial charge in [0.2, 0.25) is 11.4 Å². The van der Waals surface area contributed by atoms with Gasteiger partial charge in [0.1, 0.15) is 37.1 Å². The number of hydrogen-bond donors (Lipinski definition) is 8. The molecular formula is C18H28O14. The monoisotopic (exact) mass is 468 g/mol. The van der Waals surface area contributed by atoms with E-state index in [1.54, 1.807) is 0 Å². The van der Waals surface area contributed by atoms with Crippen LogP contribution in [0, 0.1) is 0 Å². The lowest BCUT2D eigenvalue weighted by Crippen LogP contribution is -2.86. The Hall–Kier alpha value is -1.43. The molecule has 0 saturated carbocycles. The molecule has 14 heteroatoms. The van der Waals surface area contributed by atoms with E-state index in [0.29, 0.717) is 20.8 Å². The predicted molar refractivity (Wildman–Crippen MR) is 97.5 cm³/mol. The van der Waals surface area contributed by atoms with Gasteiger partial charge in [-0.3, -0.25) is 14.4 Å². The molecule has 8 N–H and O–H groups in total. The number of ketones is 3. The minimum absolute atomic E-state index is 0.632. The summed E-state index contributed by atoms with van der Waals surface area (Å²) in [6.45, 7) is -1.40. The SMILES string of the molecule is CC(=O)[C@@]1(OC2(CO)O[C@H](CO)[C@@H](O)[C@@H]2O)O[C@H](CO)[C@@H](O)[C@@](O)(C(C)=O)[C@]1(O)C(C)=O. The van der Waals surface area contributed by atoms with Crippen LogP contribution < -0.4 is 0 Å². The molecule has 2 aliphatic rings. The molecule has 184 valence electrons. The Morgan fingerprint density at radius 3 is 1.69 bits per heavy atom. The third-order valence-electron chi connectivity index (χ3n) is 6.04. The maximum Gasteiger partial charge on any atom is 0.272 e. The van der Waals surface area contributed by atoms with Crippen molar-refractivity contribution in [1.82, 2.24) is 0 Å². The van der Waals surface area contributed by atoms with E-state index in [1.807, 2.05) is 0 Å². The van der Waals surface area contributed by atoms with Gasteiger partial charge in [0.15, 0.2) is 23.0 Å². The fourth-order valence-electron chi connectivity index (χ4n) is 4.20. The summed E-state index contributed by atoms with van der Waals surface area (Å²) in [5.41, 5.74) is -7.18. The maximum absolute atomic E-state index is 12.8. The molecule has 32 heavy (non-hydrogen) atoms. The van der Waals surface area contributed by atoms with Crippen molar-refractivity contribution < 1.29 is 69.4 Å². The number of aliphatic hydroxyl groups excluding tert-OH is 6. The van der Waals surface area contributed by atoms with Gasteiger partial charge >= 0.3 is 0 Å². The lowest BCUT2D eigenvalue weighted by atomic mass is 9.64. The molecule has 0 bridgehead atoms. The van der Waals surface area contributed by atoms with Crippen LogP contribution in [0.4, 0.5) is 0 Å². The summed E-state index contributed by atoms with van der Waals surface area (Å²) in [6.07, 6.45) is -10.1. The molecule has 0 spiro atoms. The maximum atomic E-state index is 12.8. The quantitative estimate of drug-likeness (QED) is 0.166. The third kappa shape index (κ3) is 3.26. The van der Waals surface area contributed by atoms with Crippen molar-refractivity contribution in [3.8, 4) is 0 Å². The van der Waals surface area contributed by atoms with Gasteiger partial charge in [-0.25, -0.2) is 0 Å². The smallest absolute Gasteiger partial charge is 0.272 e. The van der Waals surface area contributed by atoms with Gasteiger partial charge < -0.3 is 55.1 Å². The van der Waals surface area contributed by atoms with Gasteiger partial charge in [0.25, 0.3) is 5.79 Å². The second kappa shape index (κ2) is 8.73. The fourth-order valence-corrected chi connectivity index (χ4v) is 4.20. The van der Waals surface area contributed by atoms with E-state index in [2.05, 4.69) is 0 Å². The van der Waals surface area contributed by atoms with Crippen LogP contribution in [0.5, 0.6) is 0 Å². The van der Waals surface area contributed by atoms with Crippen molar-refractivity contribution in [1.29, 1.82) is 0 Å². The van der Waals surface area contributed by atoms with Gasteiger partial charge in [-0.2, -0.15) is 0 Å². The molecule has 0 radical (unpaired) electrons. The van der Waals surface area contributed by atoms with Gasteiger partial charge in [-0.15, -0.1) is 0 Å². The molecule has 9 atom stereocenters. The van der Waals surface area contributed by atoms with Crippen molar-refractivity contribution in [2.24, 2.45) is 0 Å². The van der Waals surface area contributed by atoms with E-state index >= 15 is 0 Å². The Balaban J connectivity index is 2.84. The highest BCUT2D eigenvalue weighted by molar-refractivity contribution is 6.04. The topological polar surface area (TPSA) is 241 Å².